The van der Waals surface area contributed by atoms with Gasteiger partial charge < -0.3 is 15.4 Å². The molecule has 3 rings (SSSR count). The molecule has 2 unspecified atom stereocenters. The molecule has 2 aromatic rings. The molecule has 0 bridgehead atoms. The van der Waals surface area contributed by atoms with Crippen LogP contribution in [0.5, 0.6) is 0 Å². The zero-order chi connectivity index (χ0) is 16.4. The van der Waals surface area contributed by atoms with Crippen molar-refractivity contribution < 1.29 is 9.53 Å². The summed E-state index contributed by atoms with van der Waals surface area (Å²) in [4.78, 5) is 16.1. The van der Waals surface area contributed by atoms with Crippen LogP contribution in [0.4, 0.5) is 4.79 Å². The van der Waals surface area contributed by atoms with E-state index in [2.05, 4.69) is 21.7 Å². The number of hydrogen-bond acceptors (Lipinski definition) is 4. The highest BCUT2D eigenvalue weighted by Gasteiger charge is 2.38. The van der Waals surface area contributed by atoms with Gasteiger partial charge in [-0.25, -0.2) is 4.79 Å². The quantitative estimate of drug-likeness (QED) is 0.911. The molecular formula is C18H23N3O2. The predicted octanol–water partition coefficient (Wildman–Crippen LogP) is 2.99. The van der Waals surface area contributed by atoms with Crippen molar-refractivity contribution in [2.45, 2.75) is 51.4 Å². The highest BCUT2D eigenvalue weighted by atomic mass is 16.6. The van der Waals surface area contributed by atoms with Crippen LogP contribution in [0.15, 0.2) is 36.5 Å². The maximum absolute atomic E-state index is 11.7. The minimum absolute atomic E-state index is 0.151. The van der Waals surface area contributed by atoms with Gasteiger partial charge in [0.1, 0.15) is 5.60 Å². The van der Waals surface area contributed by atoms with E-state index in [4.69, 9.17) is 4.74 Å². The number of pyridine rings is 1. The molecule has 0 spiro atoms. The Morgan fingerprint density at radius 3 is 2.83 bits per heavy atom. The van der Waals surface area contributed by atoms with Gasteiger partial charge in [-0.05, 0) is 44.9 Å². The van der Waals surface area contributed by atoms with Gasteiger partial charge in [-0.1, -0.05) is 18.2 Å². The van der Waals surface area contributed by atoms with Crippen molar-refractivity contribution >= 4 is 17.0 Å². The number of carbonyl (C=O) groups is 1. The van der Waals surface area contributed by atoms with E-state index in [9.17, 15) is 4.79 Å². The number of rotatable bonds is 4. The number of benzene rings is 1. The van der Waals surface area contributed by atoms with Crippen molar-refractivity contribution in [3.8, 4) is 0 Å². The summed E-state index contributed by atoms with van der Waals surface area (Å²) in [6.45, 7) is 6.36. The molecule has 0 radical (unpaired) electrons. The normalized spacial score (nSPS) is 20.3. The lowest BCUT2D eigenvalue weighted by molar-refractivity contribution is 0.0522. The average Bonchev–Trinajstić information content (AvgIpc) is 3.21. The van der Waals surface area contributed by atoms with Crippen LogP contribution < -0.4 is 10.6 Å². The van der Waals surface area contributed by atoms with Crippen molar-refractivity contribution in [2.24, 2.45) is 0 Å². The van der Waals surface area contributed by atoms with Crippen molar-refractivity contribution in [1.29, 1.82) is 0 Å². The van der Waals surface area contributed by atoms with E-state index in [0.29, 0.717) is 6.04 Å². The zero-order valence-corrected chi connectivity index (χ0v) is 13.8. The average molecular weight is 313 g/mol. The van der Waals surface area contributed by atoms with Crippen molar-refractivity contribution in [1.82, 2.24) is 15.6 Å². The van der Waals surface area contributed by atoms with Crippen LogP contribution in [0.1, 0.15) is 32.8 Å². The van der Waals surface area contributed by atoms with Crippen LogP contribution in [-0.4, -0.2) is 28.8 Å². The van der Waals surface area contributed by atoms with Crippen LogP contribution in [0, 0.1) is 0 Å². The molecule has 2 atom stereocenters. The third-order valence-electron chi connectivity index (χ3n) is 3.79. The Hall–Kier alpha value is -2.14. The molecule has 23 heavy (non-hydrogen) atoms. The maximum atomic E-state index is 11.7. The highest BCUT2D eigenvalue weighted by molar-refractivity contribution is 5.81. The van der Waals surface area contributed by atoms with Crippen molar-refractivity contribution in [3.63, 3.8) is 0 Å². The smallest absolute Gasteiger partial charge is 0.407 e. The number of carbonyl (C=O) groups excluding carboxylic acids is 1. The second-order valence-electron chi connectivity index (χ2n) is 6.96. The van der Waals surface area contributed by atoms with E-state index in [-0.39, 0.29) is 12.1 Å². The van der Waals surface area contributed by atoms with Crippen molar-refractivity contribution in [2.75, 3.05) is 0 Å². The van der Waals surface area contributed by atoms with Gasteiger partial charge in [0.2, 0.25) is 0 Å². The number of nitrogens with one attached hydrogen (secondary N) is 2. The molecule has 1 aromatic carbocycles. The van der Waals surface area contributed by atoms with Crippen molar-refractivity contribution in [3.05, 3.63) is 42.1 Å². The second-order valence-corrected chi connectivity index (χ2v) is 6.96. The summed E-state index contributed by atoms with van der Waals surface area (Å²) in [5.74, 6) is 0. The fourth-order valence-corrected chi connectivity index (χ4v) is 2.59. The van der Waals surface area contributed by atoms with E-state index in [0.717, 1.165) is 18.5 Å². The van der Waals surface area contributed by atoms with Gasteiger partial charge in [0.25, 0.3) is 0 Å². The summed E-state index contributed by atoms with van der Waals surface area (Å²) in [5, 5.41) is 7.55. The lowest BCUT2D eigenvalue weighted by atomic mass is 10.1. The van der Waals surface area contributed by atoms with Gasteiger partial charge in [-0.2, -0.15) is 0 Å². The monoisotopic (exact) mass is 313 g/mol. The molecular weight excluding hydrogens is 290 g/mol. The molecule has 1 fully saturated rings. The number of nitrogens with zero attached hydrogens (tertiary/aromatic N) is 1. The number of alkyl carbamates (subject to hydrolysis) is 1. The SMILES string of the molecule is CC(C)(C)OC(=O)NC1CC1NCc1ccnc2ccccc12. The molecule has 1 aromatic heterocycles. The summed E-state index contributed by atoms with van der Waals surface area (Å²) in [7, 11) is 0. The molecule has 2 N–H and O–H groups in total. The first kappa shape index (κ1) is 15.7. The molecule has 122 valence electrons. The Bertz CT molecular complexity index is 703. The summed E-state index contributed by atoms with van der Waals surface area (Å²) in [6.07, 6.45) is 2.42. The third-order valence-corrected chi connectivity index (χ3v) is 3.79. The first-order valence-corrected chi connectivity index (χ1v) is 7.98. The Labute approximate surface area is 136 Å². The maximum Gasteiger partial charge on any atom is 0.407 e. The second kappa shape index (κ2) is 6.16. The number of amides is 1. The number of fused-ring (bicyclic) bond motifs is 1. The fourth-order valence-electron chi connectivity index (χ4n) is 2.59. The van der Waals surface area contributed by atoms with Crippen LogP contribution in [0.3, 0.4) is 0 Å². The Morgan fingerprint density at radius 2 is 2.04 bits per heavy atom. The number of para-hydroxylation sites is 1. The third kappa shape index (κ3) is 4.20. The lowest BCUT2D eigenvalue weighted by Crippen LogP contribution is -2.36. The van der Waals surface area contributed by atoms with Gasteiger partial charge in [-0.15, -0.1) is 0 Å². The predicted molar refractivity (Wildman–Crippen MR) is 90.1 cm³/mol. The zero-order valence-electron chi connectivity index (χ0n) is 13.8. The molecule has 1 heterocycles. The van der Waals surface area contributed by atoms with Gasteiger partial charge in [0.15, 0.2) is 0 Å². The molecule has 5 nitrogen and oxygen atoms in total. The molecule has 0 saturated heterocycles. The number of aromatic nitrogens is 1. The Balaban J connectivity index is 1.51. The van der Waals surface area contributed by atoms with E-state index >= 15 is 0 Å². The largest absolute Gasteiger partial charge is 0.444 e. The van der Waals surface area contributed by atoms with Gasteiger partial charge >= 0.3 is 6.09 Å². The number of ether oxygens (including phenoxy) is 1. The summed E-state index contributed by atoms with van der Waals surface area (Å²) in [5.41, 5.74) is 1.77. The van der Waals surface area contributed by atoms with E-state index in [1.807, 2.05) is 51.2 Å². The Morgan fingerprint density at radius 1 is 1.26 bits per heavy atom. The highest BCUT2D eigenvalue weighted by Crippen LogP contribution is 2.23. The van der Waals surface area contributed by atoms with E-state index < -0.39 is 5.60 Å². The summed E-state index contributed by atoms with van der Waals surface area (Å²) >= 11 is 0. The van der Waals surface area contributed by atoms with Gasteiger partial charge in [0.05, 0.1) is 5.52 Å². The minimum atomic E-state index is -0.460. The molecule has 0 aliphatic heterocycles. The van der Waals surface area contributed by atoms with E-state index in [1.165, 1.54) is 10.9 Å². The standard InChI is InChI=1S/C18H23N3O2/c1-18(2,3)23-17(22)21-16-10-15(16)20-11-12-8-9-19-14-7-5-4-6-13(12)14/h4-9,15-16,20H,10-11H2,1-3H3,(H,21,22). The topological polar surface area (TPSA) is 63.2 Å². The molecule has 1 saturated carbocycles. The molecule has 1 aliphatic rings. The van der Waals surface area contributed by atoms with Crippen LogP contribution in [-0.2, 0) is 11.3 Å². The van der Waals surface area contributed by atoms with E-state index in [1.54, 1.807) is 0 Å². The fraction of sp³-hybridized carbons (Fsp3) is 0.444. The molecule has 5 heteroatoms. The van der Waals surface area contributed by atoms with Crippen LogP contribution in [0.2, 0.25) is 0 Å². The summed E-state index contributed by atoms with van der Waals surface area (Å²) < 4.78 is 5.27. The molecule has 1 amide bonds. The first-order chi connectivity index (χ1) is 10.9. The van der Waals surface area contributed by atoms with Crippen LogP contribution in [0.25, 0.3) is 10.9 Å². The van der Waals surface area contributed by atoms with Crippen LogP contribution >= 0.6 is 0 Å². The Kier molecular flexibility index (Phi) is 4.22. The number of hydrogen-bond donors (Lipinski definition) is 2. The summed E-state index contributed by atoms with van der Waals surface area (Å²) in [6, 6.07) is 10.6. The molecule has 1 aliphatic carbocycles. The van der Waals surface area contributed by atoms with Gasteiger partial charge in [0, 0.05) is 30.2 Å². The van der Waals surface area contributed by atoms with Gasteiger partial charge in [-0.3, -0.25) is 4.98 Å². The lowest BCUT2D eigenvalue weighted by Gasteiger charge is -2.19. The first-order valence-electron chi connectivity index (χ1n) is 7.98. The minimum Gasteiger partial charge on any atom is -0.444 e.